The molecule has 0 aliphatic heterocycles. The summed E-state index contributed by atoms with van der Waals surface area (Å²) in [5.41, 5.74) is 0.285. The molecule has 0 spiro atoms. The van der Waals surface area contributed by atoms with Crippen molar-refractivity contribution >= 4 is 15.9 Å². The molecule has 1 aromatic heterocycles. The molecule has 1 aromatic carbocycles. The van der Waals surface area contributed by atoms with Gasteiger partial charge in [-0.2, -0.15) is 0 Å². The maximum atomic E-state index is 12.3. The lowest BCUT2D eigenvalue weighted by Gasteiger charge is -2.09. The summed E-state index contributed by atoms with van der Waals surface area (Å²) in [4.78, 5) is 12.2. The minimum Gasteiger partial charge on any atom is -0.467 e. The molecule has 2 aromatic rings. The zero-order valence-electron chi connectivity index (χ0n) is 13.8. The van der Waals surface area contributed by atoms with Gasteiger partial charge in [-0.25, -0.2) is 13.1 Å². The molecule has 0 unspecified atom stereocenters. The van der Waals surface area contributed by atoms with Crippen LogP contribution in [0.2, 0.25) is 0 Å². The second-order valence-electron chi connectivity index (χ2n) is 5.87. The quantitative estimate of drug-likeness (QED) is 0.766. The maximum Gasteiger partial charge on any atom is 0.251 e. The van der Waals surface area contributed by atoms with Crippen LogP contribution in [0.15, 0.2) is 52.0 Å². The number of carbonyl (C=O) groups excluding carboxylic acids is 1. The number of sulfonamides is 1. The predicted octanol–water partition coefficient (Wildman–Crippen LogP) is 2.53. The molecule has 0 saturated heterocycles. The molecule has 0 radical (unpaired) electrons. The molecule has 2 rings (SSSR count). The summed E-state index contributed by atoms with van der Waals surface area (Å²) >= 11 is 0. The van der Waals surface area contributed by atoms with Crippen LogP contribution in [0.1, 0.15) is 36.4 Å². The lowest BCUT2D eigenvalue weighted by Crippen LogP contribution is -2.26. The summed E-state index contributed by atoms with van der Waals surface area (Å²) < 4.78 is 32.2. The molecule has 2 N–H and O–H groups in total. The van der Waals surface area contributed by atoms with Crippen LogP contribution < -0.4 is 10.0 Å². The molecule has 6 nitrogen and oxygen atoms in total. The van der Waals surface area contributed by atoms with Crippen LogP contribution in [0.3, 0.4) is 0 Å². The number of carbonyl (C=O) groups is 1. The zero-order valence-corrected chi connectivity index (χ0v) is 14.6. The lowest BCUT2D eigenvalue weighted by atomic mass is 10.1. The summed E-state index contributed by atoms with van der Waals surface area (Å²) in [5, 5.41) is 2.69. The fourth-order valence-corrected chi connectivity index (χ4v) is 3.15. The van der Waals surface area contributed by atoms with E-state index in [-0.39, 0.29) is 22.9 Å². The zero-order chi connectivity index (χ0) is 17.6. The first kappa shape index (κ1) is 18.2. The number of benzene rings is 1. The third-order valence-corrected chi connectivity index (χ3v) is 4.88. The summed E-state index contributed by atoms with van der Waals surface area (Å²) in [6.07, 6.45) is 2.28. The highest BCUT2D eigenvalue weighted by atomic mass is 32.2. The van der Waals surface area contributed by atoms with Crippen LogP contribution in [0.5, 0.6) is 0 Å². The topological polar surface area (TPSA) is 88.4 Å². The predicted molar refractivity (Wildman–Crippen MR) is 91.0 cm³/mol. The van der Waals surface area contributed by atoms with E-state index in [0.717, 1.165) is 6.42 Å². The Bertz CT molecular complexity index is 768. The van der Waals surface area contributed by atoms with E-state index < -0.39 is 10.0 Å². The number of rotatable bonds is 8. The van der Waals surface area contributed by atoms with Crippen molar-refractivity contribution in [3.8, 4) is 0 Å². The molecule has 130 valence electrons. The molecule has 24 heavy (non-hydrogen) atoms. The van der Waals surface area contributed by atoms with Crippen molar-refractivity contribution in [3.63, 3.8) is 0 Å². The van der Waals surface area contributed by atoms with Crippen LogP contribution in [-0.2, 0) is 16.6 Å². The van der Waals surface area contributed by atoms with Gasteiger partial charge in [0.2, 0.25) is 10.0 Å². The van der Waals surface area contributed by atoms with E-state index in [1.54, 1.807) is 24.3 Å². The highest BCUT2D eigenvalue weighted by molar-refractivity contribution is 7.89. The number of amides is 1. The molecule has 0 atom stereocenters. The third kappa shape index (κ3) is 5.21. The van der Waals surface area contributed by atoms with Gasteiger partial charge in [-0.3, -0.25) is 4.79 Å². The molecule has 0 bridgehead atoms. The Kier molecular flexibility index (Phi) is 6.16. The van der Waals surface area contributed by atoms with Gasteiger partial charge in [0.1, 0.15) is 5.76 Å². The van der Waals surface area contributed by atoms with Crippen molar-refractivity contribution in [2.75, 3.05) is 6.54 Å². The molecule has 0 fully saturated rings. The first-order valence-electron chi connectivity index (χ1n) is 7.79. The Morgan fingerprint density at radius 1 is 1.21 bits per heavy atom. The first-order valence-corrected chi connectivity index (χ1v) is 9.27. The van der Waals surface area contributed by atoms with Gasteiger partial charge in [0.15, 0.2) is 0 Å². The Morgan fingerprint density at radius 3 is 2.67 bits per heavy atom. The highest BCUT2D eigenvalue weighted by Crippen LogP contribution is 2.12. The number of nitrogens with one attached hydrogen (secondary N) is 2. The van der Waals surface area contributed by atoms with Crippen molar-refractivity contribution in [1.29, 1.82) is 0 Å². The molecular formula is C17H22N2O4S. The average molecular weight is 350 g/mol. The van der Waals surface area contributed by atoms with Gasteiger partial charge >= 0.3 is 0 Å². The molecule has 7 heteroatoms. The van der Waals surface area contributed by atoms with E-state index in [9.17, 15) is 13.2 Å². The average Bonchev–Trinajstić information content (AvgIpc) is 3.05. The van der Waals surface area contributed by atoms with Crippen LogP contribution in [-0.4, -0.2) is 20.9 Å². The van der Waals surface area contributed by atoms with Crippen molar-refractivity contribution in [2.45, 2.75) is 31.7 Å². The summed E-state index contributed by atoms with van der Waals surface area (Å²) in [6, 6.07) is 9.46. The normalized spacial score (nSPS) is 11.6. The largest absolute Gasteiger partial charge is 0.467 e. The van der Waals surface area contributed by atoms with Gasteiger partial charge in [0.25, 0.3) is 5.91 Å². The van der Waals surface area contributed by atoms with Crippen LogP contribution in [0.4, 0.5) is 0 Å². The van der Waals surface area contributed by atoms with E-state index in [1.165, 1.54) is 18.4 Å². The van der Waals surface area contributed by atoms with Crippen molar-refractivity contribution < 1.29 is 17.6 Å². The fraction of sp³-hybridized carbons (Fsp3) is 0.353. The van der Waals surface area contributed by atoms with E-state index in [0.29, 0.717) is 18.2 Å². The Labute approximate surface area is 142 Å². The lowest BCUT2D eigenvalue weighted by molar-refractivity contribution is 0.0948. The standard InChI is InChI=1S/C17H22N2O4S/c1-13(2)8-9-19-24(21,22)16-7-3-5-14(11-16)17(20)18-12-15-6-4-10-23-15/h3-7,10-11,13,19H,8-9,12H2,1-2H3,(H,18,20). The van der Waals surface area contributed by atoms with E-state index in [4.69, 9.17) is 4.42 Å². The van der Waals surface area contributed by atoms with Gasteiger partial charge in [0, 0.05) is 12.1 Å². The smallest absolute Gasteiger partial charge is 0.251 e. The Morgan fingerprint density at radius 2 is 2.00 bits per heavy atom. The van der Waals surface area contributed by atoms with Crippen molar-refractivity contribution in [1.82, 2.24) is 10.0 Å². The number of hydrogen-bond donors (Lipinski definition) is 2. The van der Waals surface area contributed by atoms with Crippen molar-refractivity contribution in [2.24, 2.45) is 5.92 Å². The second kappa shape index (κ2) is 8.12. The molecule has 1 heterocycles. The van der Waals surface area contributed by atoms with Gasteiger partial charge in [0.05, 0.1) is 17.7 Å². The van der Waals surface area contributed by atoms with Crippen LogP contribution in [0.25, 0.3) is 0 Å². The molecule has 0 aliphatic rings. The third-order valence-electron chi connectivity index (χ3n) is 3.42. The summed E-state index contributed by atoms with van der Waals surface area (Å²) in [7, 11) is -3.62. The SMILES string of the molecule is CC(C)CCNS(=O)(=O)c1cccc(C(=O)NCc2ccco2)c1. The molecule has 1 amide bonds. The summed E-state index contributed by atoms with van der Waals surface area (Å²) in [6.45, 7) is 4.67. The van der Waals surface area contributed by atoms with Gasteiger partial charge in [-0.15, -0.1) is 0 Å². The molecule has 0 saturated carbocycles. The highest BCUT2D eigenvalue weighted by Gasteiger charge is 2.16. The minimum absolute atomic E-state index is 0.0805. The van der Waals surface area contributed by atoms with Gasteiger partial charge < -0.3 is 9.73 Å². The molecular weight excluding hydrogens is 328 g/mol. The number of hydrogen-bond acceptors (Lipinski definition) is 4. The minimum atomic E-state index is -3.62. The van der Waals surface area contributed by atoms with E-state index in [1.807, 2.05) is 13.8 Å². The number of furan rings is 1. The van der Waals surface area contributed by atoms with Gasteiger partial charge in [-0.05, 0) is 42.7 Å². The summed E-state index contributed by atoms with van der Waals surface area (Å²) in [5.74, 6) is 0.680. The van der Waals surface area contributed by atoms with Crippen LogP contribution in [0, 0.1) is 5.92 Å². The molecule has 0 aliphatic carbocycles. The Balaban J connectivity index is 2.03. The first-order chi connectivity index (χ1) is 11.4. The van der Waals surface area contributed by atoms with Crippen molar-refractivity contribution in [3.05, 3.63) is 54.0 Å². The van der Waals surface area contributed by atoms with E-state index in [2.05, 4.69) is 10.0 Å². The van der Waals surface area contributed by atoms with Crippen LogP contribution >= 0.6 is 0 Å². The van der Waals surface area contributed by atoms with Gasteiger partial charge in [-0.1, -0.05) is 19.9 Å². The Hall–Kier alpha value is -2.12. The maximum absolute atomic E-state index is 12.3. The van der Waals surface area contributed by atoms with E-state index >= 15 is 0 Å². The fourth-order valence-electron chi connectivity index (χ4n) is 2.05. The monoisotopic (exact) mass is 350 g/mol. The second-order valence-corrected chi connectivity index (χ2v) is 7.64.